The maximum absolute atomic E-state index is 13.7. The predicted molar refractivity (Wildman–Crippen MR) is 100 cm³/mol. The van der Waals surface area contributed by atoms with Crippen LogP contribution in [-0.2, 0) is 10.9 Å². The third-order valence-electron chi connectivity index (χ3n) is 5.47. The van der Waals surface area contributed by atoms with Crippen molar-refractivity contribution in [2.24, 2.45) is 11.7 Å². The number of amides is 1. The van der Waals surface area contributed by atoms with Crippen molar-refractivity contribution in [3.8, 4) is 0 Å². The van der Waals surface area contributed by atoms with Crippen LogP contribution in [0, 0.1) is 16.0 Å². The van der Waals surface area contributed by atoms with Gasteiger partial charge in [0.15, 0.2) is 0 Å². The number of nitrogens with two attached hydrogens (primary N) is 1. The number of aromatic nitrogens is 2. The van der Waals surface area contributed by atoms with Gasteiger partial charge in [-0.05, 0) is 31.7 Å². The van der Waals surface area contributed by atoms with Crippen LogP contribution >= 0.6 is 0 Å². The quantitative estimate of drug-likeness (QED) is 0.576. The van der Waals surface area contributed by atoms with Crippen LogP contribution in [0.15, 0.2) is 12.1 Å². The molecule has 1 aromatic carbocycles. The van der Waals surface area contributed by atoms with E-state index in [0.29, 0.717) is 32.2 Å². The van der Waals surface area contributed by atoms with Crippen molar-refractivity contribution >= 4 is 28.5 Å². The summed E-state index contributed by atoms with van der Waals surface area (Å²) in [7, 11) is 0. The molecule has 2 aromatic rings. The van der Waals surface area contributed by atoms with Crippen molar-refractivity contribution in [3.63, 3.8) is 0 Å². The molecule has 0 bridgehead atoms. The number of hydrogen-bond donors (Lipinski definition) is 1. The largest absolute Gasteiger partial charge is 0.449 e. The van der Waals surface area contributed by atoms with Gasteiger partial charge in [-0.25, -0.2) is 9.78 Å². The van der Waals surface area contributed by atoms with Crippen LogP contribution in [0.4, 0.5) is 29.3 Å². The third kappa shape index (κ3) is 3.73. The molecule has 4 rings (SSSR count). The van der Waals surface area contributed by atoms with E-state index in [-0.39, 0.29) is 47.5 Å². The second kappa shape index (κ2) is 7.33. The first-order valence-electron chi connectivity index (χ1n) is 9.60. The van der Waals surface area contributed by atoms with E-state index in [1.807, 2.05) is 0 Å². The highest BCUT2D eigenvalue weighted by molar-refractivity contribution is 5.95. The number of carbonyl (C=O) groups excluding carboxylic acids is 1. The van der Waals surface area contributed by atoms with Crippen LogP contribution in [-0.4, -0.2) is 40.3 Å². The number of anilines is 1. The van der Waals surface area contributed by atoms with E-state index >= 15 is 0 Å². The van der Waals surface area contributed by atoms with E-state index in [4.69, 9.17) is 10.5 Å². The molecule has 1 saturated carbocycles. The van der Waals surface area contributed by atoms with Crippen molar-refractivity contribution in [2.45, 2.75) is 37.9 Å². The van der Waals surface area contributed by atoms with Gasteiger partial charge in [0.1, 0.15) is 11.2 Å². The standard InChI is InChI=1S/C18H20F3N5O4/c19-18(20,21)16-23-14-12(25(16)11-3-4-11)5-6-13(26(28)29)15(14)24-7-1-2-10(8-24)9-30-17(22)27/h5-6,10-11H,1-4,7-9H2,(H2,22,27)/t10-/m0/s1. The molecule has 1 aliphatic carbocycles. The predicted octanol–water partition coefficient (Wildman–Crippen LogP) is 3.61. The highest BCUT2D eigenvalue weighted by Gasteiger charge is 2.43. The summed E-state index contributed by atoms with van der Waals surface area (Å²) in [6.07, 6.45) is -3.03. The van der Waals surface area contributed by atoms with E-state index in [1.54, 1.807) is 4.90 Å². The molecule has 0 spiro atoms. The normalized spacial score (nSPS) is 19.8. The first-order valence-corrected chi connectivity index (χ1v) is 9.60. The summed E-state index contributed by atoms with van der Waals surface area (Å²) in [5.41, 5.74) is 4.99. The zero-order valence-electron chi connectivity index (χ0n) is 15.9. The number of primary amides is 1. The molecule has 1 saturated heterocycles. The topological polar surface area (TPSA) is 117 Å². The van der Waals surface area contributed by atoms with Crippen LogP contribution in [0.2, 0.25) is 0 Å². The first-order chi connectivity index (χ1) is 14.2. The number of piperidine rings is 1. The Morgan fingerprint density at radius 1 is 1.33 bits per heavy atom. The van der Waals surface area contributed by atoms with E-state index < -0.39 is 23.0 Å². The van der Waals surface area contributed by atoms with Gasteiger partial charge in [-0.15, -0.1) is 0 Å². The fourth-order valence-electron chi connectivity index (χ4n) is 4.10. The number of hydrogen-bond acceptors (Lipinski definition) is 6. The molecule has 162 valence electrons. The maximum Gasteiger partial charge on any atom is 0.449 e. The lowest BCUT2D eigenvalue weighted by Gasteiger charge is -2.33. The molecule has 1 atom stereocenters. The van der Waals surface area contributed by atoms with Crippen molar-refractivity contribution in [3.05, 3.63) is 28.1 Å². The van der Waals surface area contributed by atoms with Crippen molar-refractivity contribution < 1.29 is 27.6 Å². The molecule has 12 heteroatoms. The number of rotatable bonds is 5. The summed E-state index contributed by atoms with van der Waals surface area (Å²) in [5.74, 6) is -1.18. The van der Waals surface area contributed by atoms with Gasteiger partial charge in [-0.2, -0.15) is 13.2 Å². The summed E-state index contributed by atoms with van der Waals surface area (Å²) >= 11 is 0. The summed E-state index contributed by atoms with van der Waals surface area (Å²) in [4.78, 5) is 27.5. The zero-order chi connectivity index (χ0) is 21.6. The molecule has 2 aliphatic rings. The van der Waals surface area contributed by atoms with Crippen LogP contribution in [0.3, 0.4) is 0 Å². The second-order valence-electron chi connectivity index (χ2n) is 7.68. The van der Waals surface area contributed by atoms with E-state index in [1.165, 1.54) is 12.1 Å². The number of ether oxygens (including phenoxy) is 1. The fourth-order valence-corrected chi connectivity index (χ4v) is 4.10. The number of nitro groups is 1. The first kappa shape index (κ1) is 20.2. The smallest absolute Gasteiger partial charge is 0.449 e. The molecular weight excluding hydrogens is 407 g/mol. The van der Waals surface area contributed by atoms with Crippen LogP contribution in [0.25, 0.3) is 11.0 Å². The Hall–Kier alpha value is -3.05. The van der Waals surface area contributed by atoms with Crippen molar-refractivity contribution in [1.29, 1.82) is 0 Å². The fraction of sp³-hybridized carbons (Fsp3) is 0.556. The van der Waals surface area contributed by atoms with Gasteiger partial charge in [0.25, 0.3) is 5.69 Å². The number of alkyl halides is 3. The lowest BCUT2D eigenvalue weighted by molar-refractivity contribution is -0.384. The molecule has 1 aliphatic heterocycles. The molecule has 30 heavy (non-hydrogen) atoms. The van der Waals surface area contributed by atoms with Crippen molar-refractivity contribution in [1.82, 2.24) is 9.55 Å². The van der Waals surface area contributed by atoms with Gasteiger partial charge in [-0.3, -0.25) is 10.1 Å². The monoisotopic (exact) mass is 427 g/mol. The SMILES string of the molecule is NC(=O)OC[C@H]1CCCN(c2c([N+](=O)[O-])ccc3c2nc(C(F)(F)F)n3C2CC2)C1. The molecule has 0 unspecified atom stereocenters. The molecule has 1 amide bonds. The molecule has 9 nitrogen and oxygen atoms in total. The maximum atomic E-state index is 13.7. The molecular formula is C18H20F3N5O4. The average molecular weight is 427 g/mol. The number of halogens is 3. The van der Waals surface area contributed by atoms with Gasteiger partial charge < -0.3 is 19.9 Å². The minimum absolute atomic E-state index is 0.0279. The third-order valence-corrected chi connectivity index (χ3v) is 5.47. The van der Waals surface area contributed by atoms with E-state index in [9.17, 15) is 28.1 Å². The molecule has 2 heterocycles. The highest BCUT2D eigenvalue weighted by Crippen LogP contribution is 2.46. The summed E-state index contributed by atoms with van der Waals surface area (Å²) in [5, 5.41) is 11.7. The average Bonchev–Trinajstić information content (AvgIpc) is 3.43. The van der Waals surface area contributed by atoms with Crippen molar-refractivity contribution in [2.75, 3.05) is 24.6 Å². The van der Waals surface area contributed by atoms with Gasteiger partial charge in [-0.1, -0.05) is 0 Å². The molecule has 1 aromatic heterocycles. The number of carbonyl (C=O) groups is 1. The Morgan fingerprint density at radius 3 is 2.67 bits per heavy atom. The summed E-state index contributed by atoms with van der Waals surface area (Å²) < 4.78 is 47.0. The van der Waals surface area contributed by atoms with Crippen LogP contribution in [0.5, 0.6) is 0 Å². The van der Waals surface area contributed by atoms with Crippen LogP contribution in [0.1, 0.15) is 37.5 Å². The minimum atomic E-state index is -4.67. The second-order valence-corrected chi connectivity index (χ2v) is 7.68. The zero-order valence-corrected chi connectivity index (χ0v) is 15.9. The number of imidazole rings is 1. The van der Waals surface area contributed by atoms with Gasteiger partial charge >= 0.3 is 12.3 Å². The number of benzene rings is 1. The van der Waals surface area contributed by atoms with E-state index in [2.05, 4.69) is 4.98 Å². The highest BCUT2D eigenvalue weighted by atomic mass is 19.4. The lowest BCUT2D eigenvalue weighted by atomic mass is 9.98. The van der Waals surface area contributed by atoms with Crippen LogP contribution < -0.4 is 10.6 Å². The molecule has 2 N–H and O–H groups in total. The number of nitro benzene ring substituents is 1. The number of fused-ring (bicyclic) bond motifs is 1. The number of nitrogens with zero attached hydrogens (tertiary/aromatic N) is 4. The van der Waals surface area contributed by atoms with Gasteiger partial charge in [0.05, 0.1) is 17.0 Å². The Labute approximate surface area is 168 Å². The Balaban J connectivity index is 1.82. The van der Waals surface area contributed by atoms with Gasteiger partial charge in [0.2, 0.25) is 5.82 Å². The minimum Gasteiger partial charge on any atom is -0.449 e. The van der Waals surface area contributed by atoms with Gasteiger partial charge in [0, 0.05) is 31.1 Å². The Kier molecular flexibility index (Phi) is 4.94. The Bertz CT molecular complexity index is 1000. The lowest BCUT2D eigenvalue weighted by Crippen LogP contribution is -2.38. The van der Waals surface area contributed by atoms with E-state index in [0.717, 1.165) is 4.57 Å². The Morgan fingerprint density at radius 2 is 2.07 bits per heavy atom. The molecule has 2 fully saturated rings. The summed E-state index contributed by atoms with van der Waals surface area (Å²) in [6, 6.07) is 2.27. The molecule has 0 radical (unpaired) electrons. The summed E-state index contributed by atoms with van der Waals surface area (Å²) in [6.45, 7) is 0.745.